The summed E-state index contributed by atoms with van der Waals surface area (Å²) in [7, 11) is -1.35. The van der Waals surface area contributed by atoms with Gasteiger partial charge in [-0.05, 0) is 39.0 Å². The molecule has 3 atom stereocenters. The molecule has 17 heavy (non-hydrogen) atoms. The van der Waals surface area contributed by atoms with E-state index in [1.54, 1.807) is 7.11 Å². The van der Waals surface area contributed by atoms with E-state index in [1.165, 1.54) is 0 Å². The average Bonchev–Trinajstić information content (AvgIpc) is 2.29. The highest BCUT2D eigenvalue weighted by atomic mass is 31.2. The zero-order chi connectivity index (χ0) is 12.9. The van der Waals surface area contributed by atoms with Crippen LogP contribution in [0.1, 0.15) is 40.0 Å². The van der Waals surface area contributed by atoms with Crippen molar-refractivity contribution in [3.63, 3.8) is 0 Å². The van der Waals surface area contributed by atoms with Gasteiger partial charge in [0.2, 0.25) is 0 Å². The second-order valence-electron chi connectivity index (χ2n) is 4.64. The van der Waals surface area contributed by atoms with Gasteiger partial charge < -0.3 is 13.8 Å². The Hall–Kier alpha value is 0.110. The molecule has 0 aromatic heterocycles. The highest BCUT2D eigenvalue weighted by molar-refractivity contribution is 7.54. The first kappa shape index (κ1) is 15.2. The van der Waals surface area contributed by atoms with Gasteiger partial charge in [-0.15, -0.1) is 0 Å². The van der Waals surface area contributed by atoms with E-state index in [0.29, 0.717) is 19.1 Å². The maximum atomic E-state index is 12.8. The summed E-state index contributed by atoms with van der Waals surface area (Å²) in [5.74, 6) is 0.556. The van der Waals surface area contributed by atoms with Gasteiger partial charge in [0.1, 0.15) is 0 Å². The summed E-state index contributed by atoms with van der Waals surface area (Å²) in [6.07, 6.45) is 2.91. The first-order valence-electron chi connectivity index (χ1n) is 6.49. The summed E-state index contributed by atoms with van der Waals surface area (Å²) >= 11 is 0. The first-order chi connectivity index (χ1) is 8.07. The van der Waals surface area contributed by atoms with Gasteiger partial charge in [-0.25, -0.2) is 0 Å². The maximum absolute atomic E-state index is 12.8. The third kappa shape index (κ3) is 3.78. The van der Waals surface area contributed by atoms with Gasteiger partial charge in [0, 0.05) is 7.11 Å². The predicted octanol–water partition coefficient (Wildman–Crippen LogP) is 3.46. The van der Waals surface area contributed by atoms with Gasteiger partial charge in [0.05, 0.1) is 25.0 Å². The van der Waals surface area contributed by atoms with Gasteiger partial charge in [-0.3, -0.25) is 4.57 Å². The van der Waals surface area contributed by atoms with Crippen molar-refractivity contribution in [2.24, 2.45) is 5.92 Å². The van der Waals surface area contributed by atoms with Crippen molar-refractivity contribution >= 4 is 7.60 Å². The zero-order valence-electron chi connectivity index (χ0n) is 11.3. The summed E-state index contributed by atoms with van der Waals surface area (Å²) in [5, 5.41) is 0. The van der Waals surface area contributed by atoms with Crippen molar-refractivity contribution in [3.8, 4) is 0 Å². The molecule has 0 amide bonds. The Labute approximate surface area is 105 Å². The lowest BCUT2D eigenvalue weighted by atomic mass is 9.88. The highest BCUT2D eigenvalue weighted by Gasteiger charge is 2.44. The number of rotatable bonds is 6. The van der Waals surface area contributed by atoms with Crippen LogP contribution in [-0.2, 0) is 18.3 Å². The van der Waals surface area contributed by atoms with Crippen LogP contribution in [0.4, 0.5) is 0 Å². The lowest BCUT2D eigenvalue weighted by Gasteiger charge is -2.37. The third-order valence-electron chi connectivity index (χ3n) is 3.34. The van der Waals surface area contributed by atoms with E-state index >= 15 is 0 Å². The number of hydrogen-bond acceptors (Lipinski definition) is 4. The Morgan fingerprint density at radius 3 is 2.24 bits per heavy atom. The monoisotopic (exact) mass is 264 g/mol. The van der Waals surface area contributed by atoms with Crippen molar-refractivity contribution in [3.05, 3.63) is 0 Å². The predicted molar refractivity (Wildman–Crippen MR) is 68.5 cm³/mol. The zero-order valence-corrected chi connectivity index (χ0v) is 12.2. The second-order valence-corrected chi connectivity index (χ2v) is 6.89. The molecular formula is C12H25O4P. The van der Waals surface area contributed by atoms with E-state index in [2.05, 4.69) is 6.92 Å². The van der Waals surface area contributed by atoms with Crippen LogP contribution < -0.4 is 0 Å². The van der Waals surface area contributed by atoms with Gasteiger partial charge in [-0.2, -0.15) is 0 Å². The van der Waals surface area contributed by atoms with Gasteiger partial charge in [0.15, 0.2) is 0 Å². The fourth-order valence-corrected chi connectivity index (χ4v) is 4.99. The van der Waals surface area contributed by atoms with Gasteiger partial charge in [0.25, 0.3) is 0 Å². The Bertz CT molecular complexity index is 259. The van der Waals surface area contributed by atoms with Crippen molar-refractivity contribution in [1.29, 1.82) is 0 Å². The molecule has 0 aliphatic heterocycles. The van der Waals surface area contributed by atoms with Crippen LogP contribution >= 0.6 is 7.60 Å². The molecule has 0 saturated heterocycles. The minimum absolute atomic E-state index is 0.00451. The van der Waals surface area contributed by atoms with Crippen LogP contribution in [0.5, 0.6) is 0 Å². The Balaban J connectivity index is 2.85. The standard InChI is InChI=1S/C12H25O4P/c1-5-15-17(13,16-6-2)12-9-10(3)7-8-11(12)14-4/h10-12H,5-9H2,1-4H3. The molecule has 1 aliphatic carbocycles. The smallest absolute Gasteiger partial charge is 0.336 e. The van der Waals surface area contributed by atoms with Crippen molar-refractivity contribution in [2.45, 2.75) is 51.8 Å². The molecule has 0 N–H and O–H groups in total. The number of methoxy groups -OCH3 is 1. The summed E-state index contributed by atoms with van der Waals surface area (Å²) in [5.41, 5.74) is -0.115. The molecule has 3 unspecified atom stereocenters. The minimum Gasteiger partial charge on any atom is -0.380 e. The fraction of sp³-hybridized carbons (Fsp3) is 1.00. The summed E-state index contributed by atoms with van der Waals surface area (Å²) in [6.45, 7) is 6.71. The topological polar surface area (TPSA) is 44.8 Å². The second kappa shape index (κ2) is 6.89. The largest absolute Gasteiger partial charge is 0.380 e. The van der Waals surface area contributed by atoms with Crippen molar-refractivity contribution in [2.75, 3.05) is 20.3 Å². The van der Waals surface area contributed by atoms with Crippen LogP contribution in [0.25, 0.3) is 0 Å². The lowest BCUT2D eigenvalue weighted by Crippen LogP contribution is -2.35. The Morgan fingerprint density at radius 1 is 1.18 bits per heavy atom. The van der Waals surface area contributed by atoms with Crippen LogP contribution in [0.15, 0.2) is 0 Å². The molecule has 0 aromatic rings. The summed E-state index contributed by atoms with van der Waals surface area (Å²) < 4.78 is 29.1. The SMILES string of the molecule is CCOP(=O)(OCC)C1CC(C)CCC1OC. The molecule has 0 bridgehead atoms. The lowest BCUT2D eigenvalue weighted by molar-refractivity contribution is 0.0497. The molecule has 0 spiro atoms. The summed E-state index contributed by atoms with van der Waals surface area (Å²) in [6, 6.07) is 0. The van der Waals surface area contributed by atoms with E-state index in [1.807, 2.05) is 13.8 Å². The Kier molecular flexibility index (Phi) is 6.14. The van der Waals surface area contributed by atoms with E-state index in [9.17, 15) is 4.57 Å². The van der Waals surface area contributed by atoms with Crippen molar-refractivity contribution < 1.29 is 18.3 Å². The Morgan fingerprint density at radius 2 is 1.76 bits per heavy atom. The van der Waals surface area contributed by atoms with Gasteiger partial charge >= 0.3 is 7.60 Å². The quantitative estimate of drug-likeness (QED) is 0.689. The van der Waals surface area contributed by atoms with Crippen LogP contribution in [-0.4, -0.2) is 32.1 Å². The molecule has 1 saturated carbocycles. The average molecular weight is 264 g/mol. The van der Waals surface area contributed by atoms with E-state index in [0.717, 1.165) is 19.3 Å². The minimum atomic E-state index is -3.03. The van der Waals surface area contributed by atoms with Crippen LogP contribution in [0, 0.1) is 5.92 Å². The number of hydrogen-bond donors (Lipinski definition) is 0. The molecule has 0 aromatic carbocycles. The summed E-state index contributed by atoms with van der Waals surface area (Å²) in [4.78, 5) is 0. The normalized spacial score (nSPS) is 30.5. The van der Waals surface area contributed by atoms with Crippen LogP contribution in [0.3, 0.4) is 0 Å². The molecule has 1 aliphatic rings. The molecule has 1 rings (SSSR count). The highest BCUT2D eigenvalue weighted by Crippen LogP contribution is 2.58. The molecule has 4 nitrogen and oxygen atoms in total. The van der Waals surface area contributed by atoms with Crippen LogP contribution in [0.2, 0.25) is 0 Å². The van der Waals surface area contributed by atoms with E-state index in [-0.39, 0.29) is 11.8 Å². The maximum Gasteiger partial charge on any atom is 0.336 e. The van der Waals surface area contributed by atoms with E-state index in [4.69, 9.17) is 13.8 Å². The molecule has 0 radical (unpaired) electrons. The van der Waals surface area contributed by atoms with Crippen molar-refractivity contribution in [1.82, 2.24) is 0 Å². The molecular weight excluding hydrogens is 239 g/mol. The number of ether oxygens (including phenoxy) is 1. The van der Waals surface area contributed by atoms with E-state index < -0.39 is 7.60 Å². The molecule has 102 valence electrons. The van der Waals surface area contributed by atoms with Gasteiger partial charge in [-0.1, -0.05) is 6.92 Å². The third-order valence-corrected chi connectivity index (χ3v) is 5.94. The molecule has 5 heteroatoms. The molecule has 1 fully saturated rings. The fourth-order valence-electron chi connectivity index (χ4n) is 2.52. The first-order valence-corrected chi connectivity index (χ1v) is 8.10. The molecule has 0 heterocycles.